The molecule has 0 bridgehead atoms. The first-order valence-corrected chi connectivity index (χ1v) is 7.95. The molecule has 118 valence electrons. The van der Waals surface area contributed by atoms with Gasteiger partial charge in [0.2, 0.25) is 5.88 Å². The number of hydrogen-bond donors (Lipinski definition) is 1. The topological polar surface area (TPSA) is 59.9 Å². The number of nitrogens with one attached hydrogen (secondary N) is 1. The highest BCUT2D eigenvalue weighted by atomic mass is 32.1. The SMILES string of the molecule is Fc1cccc2nc(Nc3ccc(Oc4cnccn4)cc3)sc12. The first-order valence-electron chi connectivity index (χ1n) is 7.14. The highest BCUT2D eigenvalue weighted by Gasteiger charge is 2.08. The molecule has 0 aliphatic rings. The first kappa shape index (κ1) is 14.5. The molecule has 0 spiro atoms. The molecule has 4 aromatic rings. The summed E-state index contributed by atoms with van der Waals surface area (Å²) in [7, 11) is 0. The fraction of sp³-hybridized carbons (Fsp3) is 0. The molecule has 0 unspecified atom stereocenters. The van der Waals surface area contributed by atoms with Gasteiger partial charge < -0.3 is 10.1 Å². The molecule has 0 atom stereocenters. The average molecular weight is 338 g/mol. The fourth-order valence-electron chi connectivity index (χ4n) is 2.16. The van der Waals surface area contributed by atoms with Crippen molar-refractivity contribution in [2.24, 2.45) is 0 Å². The average Bonchev–Trinajstić information content (AvgIpc) is 3.02. The molecule has 1 N–H and O–H groups in total. The van der Waals surface area contributed by atoms with Gasteiger partial charge in [0.25, 0.3) is 0 Å². The van der Waals surface area contributed by atoms with Crippen LogP contribution in [0.2, 0.25) is 0 Å². The lowest BCUT2D eigenvalue weighted by atomic mass is 10.3. The summed E-state index contributed by atoms with van der Waals surface area (Å²) in [5.74, 6) is 0.821. The van der Waals surface area contributed by atoms with Crippen LogP contribution in [0.15, 0.2) is 61.1 Å². The number of halogens is 1. The third-order valence-electron chi connectivity index (χ3n) is 3.23. The van der Waals surface area contributed by atoms with Crippen LogP contribution in [0.3, 0.4) is 0 Å². The van der Waals surface area contributed by atoms with Crippen molar-refractivity contribution in [1.29, 1.82) is 0 Å². The number of aromatic nitrogens is 3. The Kier molecular flexibility index (Phi) is 3.76. The fourth-order valence-corrected chi connectivity index (χ4v) is 3.05. The predicted molar refractivity (Wildman–Crippen MR) is 91.4 cm³/mol. The van der Waals surface area contributed by atoms with Gasteiger partial charge >= 0.3 is 0 Å². The van der Waals surface area contributed by atoms with Gasteiger partial charge in [0.1, 0.15) is 11.6 Å². The van der Waals surface area contributed by atoms with Crippen molar-refractivity contribution in [1.82, 2.24) is 15.0 Å². The maximum absolute atomic E-state index is 13.7. The van der Waals surface area contributed by atoms with Crippen molar-refractivity contribution in [2.45, 2.75) is 0 Å². The Labute approximate surface area is 140 Å². The van der Waals surface area contributed by atoms with E-state index in [1.54, 1.807) is 30.7 Å². The van der Waals surface area contributed by atoms with Crippen LogP contribution in [0.25, 0.3) is 10.2 Å². The molecule has 4 rings (SSSR count). The molecule has 0 aliphatic carbocycles. The second-order valence-corrected chi connectivity index (χ2v) is 5.90. The maximum Gasteiger partial charge on any atom is 0.237 e. The van der Waals surface area contributed by atoms with E-state index in [1.165, 1.54) is 17.4 Å². The summed E-state index contributed by atoms with van der Waals surface area (Å²) >= 11 is 1.28. The summed E-state index contributed by atoms with van der Waals surface area (Å²) < 4.78 is 19.8. The van der Waals surface area contributed by atoms with Gasteiger partial charge in [-0.15, -0.1) is 0 Å². The molecular weight excluding hydrogens is 327 g/mol. The number of thiazole rings is 1. The molecule has 0 saturated carbocycles. The maximum atomic E-state index is 13.7. The molecule has 24 heavy (non-hydrogen) atoms. The van der Waals surface area contributed by atoms with Gasteiger partial charge in [0.05, 0.1) is 16.4 Å². The molecular formula is C17H11FN4OS. The van der Waals surface area contributed by atoms with E-state index in [2.05, 4.69) is 20.3 Å². The molecule has 0 fully saturated rings. The number of anilines is 2. The minimum absolute atomic E-state index is 0.259. The second-order valence-electron chi connectivity index (χ2n) is 4.90. The minimum Gasteiger partial charge on any atom is -0.438 e. The van der Waals surface area contributed by atoms with E-state index < -0.39 is 0 Å². The van der Waals surface area contributed by atoms with Crippen molar-refractivity contribution in [3.8, 4) is 11.6 Å². The summed E-state index contributed by atoms with van der Waals surface area (Å²) in [5, 5.41) is 3.81. The Bertz CT molecular complexity index is 973. The summed E-state index contributed by atoms with van der Waals surface area (Å²) in [5.41, 5.74) is 1.48. The minimum atomic E-state index is -0.259. The number of ether oxygens (including phenoxy) is 1. The summed E-state index contributed by atoms with van der Waals surface area (Å²) in [6.07, 6.45) is 4.69. The van der Waals surface area contributed by atoms with Gasteiger partial charge in [0, 0.05) is 18.1 Å². The van der Waals surface area contributed by atoms with E-state index in [1.807, 2.05) is 24.3 Å². The third-order valence-corrected chi connectivity index (χ3v) is 4.23. The van der Waals surface area contributed by atoms with Gasteiger partial charge in [-0.25, -0.2) is 14.4 Å². The monoisotopic (exact) mass is 338 g/mol. The van der Waals surface area contributed by atoms with E-state index in [4.69, 9.17) is 4.74 Å². The number of nitrogens with zero attached hydrogens (tertiary/aromatic N) is 3. The number of benzene rings is 2. The van der Waals surface area contributed by atoms with Crippen LogP contribution in [-0.4, -0.2) is 15.0 Å². The second kappa shape index (κ2) is 6.21. The molecule has 0 saturated heterocycles. The number of hydrogen-bond acceptors (Lipinski definition) is 6. The van der Waals surface area contributed by atoms with Gasteiger partial charge in [-0.3, -0.25) is 4.98 Å². The van der Waals surface area contributed by atoms with Crippen molar-refractivity contribution < 1.29 is 9.13 Å². The zero-order valence-corrected chi connectivity index (χ0v) is 13.1. The Morgan fingerprint density at radius 1 is 1.04 bits per heavy atom. The van der Waals surface area contributed by atoms with Crippen LogP contribution in [0.5, 0.6) is 11.6 Å². The summed E-state index contributed by atoms with van der Waals surface area (Å²) in [6.45, 7) is 0. The molecule has 2 aromatic carbocycles. The number of fused-ring (bicyclic) bond motifs is 1. The predicted octanol–water partition coefficient (Wildman–Crippen LogP) is 4.76. The normalized spacial score (nSPS) is 10.7. The Hall–Kier alpha value is -3.06. The van der Waals surface area contributed by atoms with Crippen LogP contribution in [-0.2, 0) is 0 Å². The van der Waals surface area contributed by atoms with Crippen LogP contribution in [0.4, 0.5) is 15.2 Å². The smallest absolute Gasteiger partial charge is 0.237 e. The first-order chi connectivity index (χ1) is 11.8. The lowest BCUT2D eigenvalue weighted by Gasteiger charge is -2.06. The summed E-state index contributed by atoms with van der Waals surface area (Å²) in [6, 6.07) is 12.2. The van der Waals surface area contributed by atoms with Crippen molar-refractivity contribution in [3.63, 3.8) is 0 Å². The van der Waals surface area contributed by atoms with E-state index in [-0.39, 0.29) is 5.82 Å². The van der Waals surface area contributed by atoms with Gasteiger partial charge in [-0.1, -0.05) is 17.4 Å². The van der Waals surface area contributed by atoms with E-state index >= 15 is 0 Å². The molecule has 5 nitrogen and oxygen atoms in total. The van der Waals surface area contributed by atoms with Gasteiger partial charge in [-0.2, -0.15) is 0 Å². The van der Waals surface area contributed by atoms with E-state index in [0.29, 0.717) is 27.0 Å². The third kappa shape index (κ3) is 3.02. The van der Waals surface area contributed by atoms with Crippen LogP contribution >= 0.6 is 11.3 Å². The van der Waals surface area contributed by atoms with Crippen molar-refractivity contribution in [3.05, 3.63) is 66.9 Å². The summed E-state index contributed by atoms with van der Waals surface area (Å²) in [4.78, 5) is 12.4. The molecule has 2 aromatic heterocycles. The lowest BCUT2D eigenvalue weighted by Crippen LogP contribution is -1.91. The highest BCUT2D eigenvalue weighted by molar-refractivity contribution is 7.22. The largest absolute Gasteiger partial charge is 0.438 e. The zero-order valence-electron chi connectivity index (χ0n) is 12.3. The molecule has 2 heterocycles. The molecule has 0 radical (unpaired) electrons. The van der Waals surface area contributed by atoms with Crippen molar-refractivity contribution in [2.75, 3.05) is 5.32 Å². The zero-order chi connectivity index (χ0) is 16.4. The Balaban J connectivity index is 1.51. The van der Waals surface area contributed by atoms with Crippen LogP contribution < -0.4 is 10.1 Å². The van der Waals surface area contributed by atoms with Crippen LogP contribution in [0.1, 0.15) is 0 Å². The molecule has 0 amide bonds. The van der Waals surface area contributed by atoms with E-state index in [0.717, 1.165) is 5.69 Å². The van der Waals surface area contributed by atoms with E-state index in [9.17, 15) is 4.39 Å². The highest BCUT2D eigenvalue weighted by Crippen LogP contribution is 2.30. The number of rotatable bonds is 4. The van der Waals surface area contributed by atoms with Crippen molar-refractivity contribution >= 4 is 32.4 Å². The van der Waals surface area contributed by atoms with Gasteiger partial charge in [0.15, 0.2) is 5.13 Å². The van der Waals surface area contributed by atoms with Gasteiger partial charge in [-0.05, 0) is 36.4 Å². The molecule has 0 aliphatic heterocycles. The van der Waals surface area contributed by atoms with Crippen LogP contribution in [0, 0.1) is 5.82 Å². The Morgan fingerprint density at radius 3 is 2.67 bits per heavy atom. The Morgan fingerprint density at radius 2 is 1.92 bits per heavy atom. The quantitative estimate of drug-likeness (QED) is 0.581. The lowest BCUT2D eigenvalue weighted by molar-refractivity contribution is 0.460. The standard InChI is InChI=1S/C17H11FN4OS/c18-13-2-1-3-14-16(13)24-17(22-14)21-11-4-6-12(7-5-11)23-15-10-19-8-9-20-15/h1-10H,(H,21,22). The molecule has 7 heteroatoms.